The molecular formula is C17H18N2O2S2. The van der Waals surface area contributed by atoms with Gasteiger partial charge in [-0.05, 0) is 61.4 Å². The zero-order valence-electron chi connectivity index (χ0n) is 13.0. The van der Waals surface area contributed by atoms with Gasteiger partial charge in [-0.3, -0.25) is 0 Å². The molecule has 0 heterocycles. The summed E-state index contributed by atoms with van der Waals surface area (Å²) in [5.74, 6) is 0.651. The van der Waals surface area contributed by atoms with Crippen LogP contribution in [0, 0.1) is 25.2 Å². The number of hydrogen-bond donors (Lipinski definition) is 1. The Bertz CT molecular complexity index is 823. The van der Waals surface area contributed by atoms with Crippen molar-refractivity contribution >= 4 is 21.8 Å². The largest absolute Gasteiger partial charge is 0.240 e. The molecule has 0 atom stereocenters. The quantitative estimate of drug-likeness (QED) is 0.644. The Hall–Kier alpha value is -1.81. The number of sulfonamides is 1. The lowest BCUT2D eigenvalue weighted by Gasteiger charge is -2.08. The van der Waals surface area contributed by atoms with E-state index in [1.165, 1.54) is 35.4 Å². The van der Waals surface area contributed by atoms with Crippen LogP contribution in [0.25, 0.3) is 0 Å². The number of hydrogen-bond acceptors (Lipinski definition) is 4. The van der Waals surface area contributed by atoms with Gasteiger partial charge in [-0.2, -0.15) is 5.26 Å². The summed E-state index contributed by atoms with van der Waals surface area (Å²) in [5, 5.41) is 8.73. The highest BCUT2D eigenvalue weighted by atomic mass is 32.2. The highest BCUT2D eigenvalue weighted by Gasteiger charge is 2.13. The molecule has 0 aromatic heterocycles. The van der Waals surface area contributed by atoms with E-state index >= 15 is 0 Å². The molecule has 0 aliphatic heterocycles. The van der Waals surface area contributed by atoms with Crippen molar-refractivity contribution in [3.63, 3.8) is 0 Å². The number of rotatable bonds is 6. The van der Waals surface area contributed by atoms with Crippen LogP contribution in [0.15, 0.2) is 52.3 Å². The lowest BCUT2D eigenvalue weighted by atomic mass is 10.1. The van der Waals surface area contributed by atoms with Crippen molar-refractivity contribution in [1.29, 1.82) is 5.26 Å². The number of nitrogens with one attached hydrogen (secondary N) is 1. The van der Waals surface area contributed by atoms with Gasteiger partial charge in [0.25, 0.3) is 0 Å². The Morgan fingerprint density at radius 3 is 2.39 bits per heavy atom. The number of nitrogens with zero attached hydrogens (tertiary/aromatic N) is 1. The van der Waals surface area contributed by atoms with Gasteiger partial charge >= 0.3 is 0 Å². The first-order valence-electron chi connectivity index (χ1n) is 7.12. The van der Waals surface area contributed by atoms with E-state index in [-0.39, 0.29) is 4.90 Å². The van der Waals surface area contributed by atoms with Crippen LogP contribution in [0.2, 0.25) is 0 Å². The molecular weight excluding hydrogens is 328 g/mol. The summed E-state index contributed by atoms with van der Waals surface area (Å²) in [5.41, 5.74) is 2.92. The third-order valence-corrected chi connectivity index (χ3v) is 5.91. The number of aryl methyl sites for hydroxylation is 2. The fourth-order valence-electron chi connectivity index (χ4n) is 1.94. The molecule has 0 unspecified atom stereocenters. The zero-order valence-corrected chi connectivity index (χ0v) is 14.7. The summed E-state index contributed by atoms with van der Waals surface area (Å²) in [6.07, 6.45) is 0. The maximum atomic E-state index is 12.1. The van der Waals surface area contributed by atoms with Gasteiger partial charge in [0.15, 0.2) is 0 Å². The van der Waals surface area contributed by atoms with E-state index < -0.39 is 10.0 Å². The summed E-state index contributed by atoms with van der Waals surface area (Å²) in [7, 11) is -3.53. The molecule has 0 radical (unpaired) electrons. The predicted molar refractivity (Wildman–Crippen MR) is 93.0 cm³/mol. The fraction of sp³-hybridized carbons (Fsp3) is 0.235. The topological polar surface area (TPSA) is 70.0 Å². The zero-order chi connectivity index (χ0) is 16.9. The monoisotopic (exact) mass is 346 g/mol. The Kier molecular flexibility index (Phi) is 5.83. The van der Waals surface area contributed by atoms with E-state index in [2.05, 4.69) is 30.7 Å². The van der Waals surface area contributed by atoms with Gasteiger partial charge in [-0.25, -0.2) is 13.1 Å². The summed E-state index contributed by atoms with van der Waals surface area (Å²) < 4.78 is 26.9. The summed E-state index contributed by atoms with van der Waals surface area (Å²) in [4.78, 5) is 1.30. The maximum absolute atomic E-state index is 12.1. The Labute approximate surface area is 141 Å². The molecule has 23 heavy (non-hydrogen) atoms. The van der Waals surface area contributed by atoms with Crippen molar-refractivity contribution in [3.05, 3.63) is 59.2 Å². The average molecular weight is 346 g/mol. The summed E-state index contributed by atoms with van der Waals surface area (Å²) in [6, 6.07) is 14.1. The lowest BCUT2D eigenvalue weighted by Crippen LogP contribution is -2.26. The predicted octanol–water partition coefficient (Wildman–Crippen LogP) is 3.25. The molecule has 120 valence electrons. The van der Waals surface area contributed by atoms with Gasteiger partial charge in [0.2, 0.25) is 10.0 Å². The van der Waals surface area contributed by atoms with Crippen LogP contribution in [0.5, 0.6) is 0 Å². The molecule has 6 heteroatoms. The van der Waals surface area contributed by atoms with E-state index in [1.54, 1.807) is 11.8 Å². The van der Waals surface area contributed by atoms with Crippen molar-refractivity contribution in [2.45, 2.75) is 23.6 Å². The van der Waals surface area contributed by atoms with E-state index in [0.29, 0.717) is 17.9 Å². The Morgan fingerprint density at radius 1 is 1.09 bits per heavy atom. The molecule has 0 saturated heterocycles. The minimum atomic E-state index is -3.53. The van der Waals surface area contributed by atoms with Crippen molar-refractivity contribution in [2.75, 3.05) is 12.3 Å². The third-order valence-electron chi connectivity index (χ3n) is 3.43. The van der Waals surface area contributed by atoms with Gasteiger partial charge in [-0.15, -0.1) is 11.8 Å². The van der Waals surface area contributed by atoms with Crippen LogP contribution < -0.4 is 4.72 Å². The van der Waals surface area contributed by atoms with Crippen molar-refractivity contribution in [1.82, 2.24) is 4.72 Å². The van der Waals surface area contributed by atoms with Crippen LogP contribution in [-0.4, -0.2) is 20.7 Å². The second-order valence-corrected chi connectivity index (χ2v) is 8.06. The molecule has 1 N–H and O–H groups in total. The van der Waals surface area contributed by atoms with Crippen LogP contribution >= 0.6 is 11.8 Å². The molecule has 2 aromatic carbocycles. The normalized spacial score (nSPS) is 11.2. The highest BCUT2D eigenvalue weighted by molar-refractivity contribution is 7.99. The average Bonchev–Trinajstić information content (AvgIpc) is 2.55. The first kappa shape index (κ1) is 17.5. The molecule has 0 fully saturated rings. The minimum Gasteiger partial charge on any atom is -0.210 e. The smallest absolute Gasteiger partial charge is 0.210 e. The van der Waals surface area contributed by atoms with Gasteiger partial charge < -0.3 is 0 Å². The van der Waals surface area contributed by atoms with Gasteiger partial charge in [0, 0.05) is 17.2 Å². The summed E-state index contributed by atoms with van der Waals surface area (Å²) >= 11 is 1.62. The highest BCUT2D eigenvalue weighted by Crippen LogP contribution is 2.20. The standard InChI is InChI=1S/C17H18N2O2S2/c1-13-3-6-16(11-14(13)2)22-10-9-19-23(20,21)17-7-4-15(12-18)5-8-17/h3-8,11,19H,9-10H2,1-2H3. The van der Waals surface area contributed by atoms with Crippen molar-refractivity contribution < 1.29 is 8.42 Å². The van der Waals surface area contributed by atoms with Crippen LogP contribution in [0.4, 0.5) is 0 Å². The van der Waals surface area contributed by atoms with Gasteiger partial charge in [0.1, 0.15) is 0 Å². The number of benzene rings is 2. The maximum Gasteiger partial charge on any atom is 0.240 e. The van der Waals surface area contributed by atoms with Gasteiger partial charge in [-0.1, -0.05) is 6.07 Å². The fourth-order valence-corrected chi connectivity index (χ4v) is 3.97. The van der Waals surface area contributed by atoms with Crippen LogP contribution in [0.3, 0.4) is 0 Å². The molecule has 0 saturated carbocycles. The molecule has 0 amide bonds. The van der Waals surface area contributed by atoms with E-state index in [0.717, 1.165) is 4.90 Å². The number of thioether (sulfide) groups is 1. The van der Waals surface area contributed by atoms with Gasteiger partial charge in [0.05, 0.1) is 16.5 Å². The van der Waals surface area contributed by atoms with Crippen molar-refractivity contribution in [2.24, 2.45) is 0 Å². The molecule has 0 aliphatic carbocycles. The Morgan fingerprint density at radius 2 is 1.78 bits per heavy atom. The Balaban J connectivity index is 1.89. The SMILES string of the molecule is Cc1ccc(SCCNS(=O)(=O)c2ccc(C#N)cc2)cc1C. The van der Waals surface area contributed by atoms with Crippen LogP contribution in [-0.2, 0) is 10.0 Å². The van der Waals surface area contributed by atoms with E-state index in [9.17, 15) is 8.42 Å². The molecule has 0 spiro atoms. The van der Waals surface area contributed by atoms with E-state index in [4.69, 9.17) is 5.26 Å². The second kappa shape index (κ2) is 7.64. The van der Waals surface area contributed by atoms with Crippen LogP contribution in [0.1, 0.15) is 16.7 Å². The first-order valence-corrected chi connectivity index (χ1v) is 9.59. The third kappa shape index (κ3) is 4.83. The van der Waals surface area contributed by atoms with E-state index in [1.807, 2.05) is 12.1 Å². The molecule has 2 rings (SSSR count). The number of nitriles is 1. The van der Waals surface area contributed by atoms with Crippen molar-refractivity contribution in [3.8, 4) is 6.07 Å². The summed E-state index contributed by atoms with van der Waals surface area (Å²) in [6.45, 7) is 4.47. The molecule has 4 nitrogen and oxygen atoms in total. The molecule has 0 bridgehead atoms. The molecule has 0 aliphatic rings. The second-order valence-electron chi connectivity index (χ2n) is 5.13. The molecule has 2 aromatic rings. The first-order chi connectivity index (χ1) is 10.9. The minimum absolute atomic E-state index is 0.174. The lowest BCUT2D eigenvalue weighted by molar-refractivity contribution is 0.584.